The number of methoxy groups -OCH3 is 1. The largest absolute Gasteiger partial charge is 0.467 e. The van der Waals surface area contributed by atoms with Crippen LogP contribution in [0.25, 0.3) is 10.9 Å². The number of ether oxygens (including phenoxy) is 2. The molecule has 1 saturated heterocycles. The number of pyridine rings is 1. The van der Waals surface area contributed by atoms with Crippen LogP contribution < -0.4 is 10.9 Å². The highest BCUT2D eigenvalue weighted by molar-refractivity contribution is 7.90. The van der Waals surface area contributed by atoms with E-state index in [9.17, 15) is 23.3 Å². The fraction of sp³-hybridized carbons (Fsp3) is 0.364. The summed E-state index contributed by atoms with van der Waals surface area (Å²) in [6.07, 6.45) is 2.67. The van der Waals surface area contributed by atoms with E-state index >= 15 is 0 Å². The van der Waals surface area contributed by atoms with Crippen molar-refractivity contribution in [3.63, 3.8) is 0 Å². The third-order valence-electron chi connectivity index (χ3n) is 5.90. The summed E-state index contributed by atoms with van der Waals surface area (Å²) < 4.78 is 35.6. The van der Waals surface area contributed by atoms with Gasteiger partial charge in [-0.25, -0.2) is 13.2 Å². The highest BCUT2D eigenvalue weighted by atomic mass is 32.2. The third-order valence-corrected chi connectivity index (χ3v) is 7.02. The van der Waals surface area contributed by atoms with Gasteiger partial charge in [0.2, 0.25) is 0 Å². The van der Waals surface area contributed by atoms with Crippen LogP contribution >= 0.6 is 0 Å². The normalized spacial score (nSPS) is 20.6. The number of hydrogen-bond acceptors (Lipinski definition) is 9. The second-order valence-electron chi connectivity index (χ2n) is 8.17. The molecule has 0 radical (unpaired) electrons. The van der Waals surface area contributed by atoms with E-state index in [0.717, 1.165) is 6.26 Å². The van der Waals surface area contributed by atoms with Crippen LogP contribution in [0.4, 0.5) is 11.5 Å². The average molecular weight is 486 g/mol. The summed E-state index contributed by atoms with van der Waals surface area (Å²) in [7, 11) is -2.06. The quantitative estimate of drug-likeness (QED) is 0.497. The number of nitrogens with one attached hydrogen (secondary N) is 2. The summed E-state index contributed by atoms with van der Waals surface area (Å²) in [5, 5.41) is 17.6. The van der Waals surface area contributed by atoms with E-state index in [1.807, 2.05) is 0 Å². The number of anilines is 2. The molecule has 2 atom stereocenters. The number of carbonyl (C=O) groups is 1. The molecule has 3 aromatic rings. The molecular formula is C22H23N5O6S. The number of aromatic nitrogens is 3. The first-order valence-corrected chi connectivity index (χ1v) is 12.3. The van der Waals surface area contributed by atoms with Crippen LogP contribution in [0.1, 0.15) is 19.3 Å². The van der Waals surface area contributed by atoms with Crippen molar-refractivity contribution in [1.29, 1.82) is 5.26 Å². The molecule has 0 spiro atoms. The van der Waals surface area contributed by atoms with Crippen LogP contribution in [0.5, 0.6) is 0 Å². The topological polar surface area (TPSA) is 156 Å². The van der Waals surface area contributed by atoms with Crippen LogP contribution in [0, 0.1) is 11.3 Å². The van der Waals surface area contributed by atoms with E-state index in [4.69, 9.17) is 9.47 Å². The Hall–Kier alpha value is -3.69. The average Bonchev–Trinajstić information content (AvgIpc) is 3.19. The third kappa shape index (κ3) is 4.27. The highest BCUT2D eigenvalue weighted by Gasteiger charge is 2.42. The molecule has 2 N–H and O–H groups in total. The minimum absolute atomic E-state index is 0.0341. The second kappa shape index (κ2) is 8.92. The summed E-state index contributed by atoms with van der Waals surface area (Å²) in [5.74, 6) is -0.233. The maximum Gasteiger partial charge on any atom is 0.334 e. The Kier molecular flexibility index (Phi) is 6.16. The predicted octanol–water partition coefficient (Wildman–Crippen LogP) is 1.83. The maximum atomic E-state index is 12.7. The molecule has 0 bridgehead atoms. The van der Waals surface area contributed by atoms with Gasteiger partial charge >= 0.3 is 5.97 Å². The minimum Gasteiger partial charge on any atom is -0.467 e. The SMILES string of the molecule is COC(=O)[C@H]1CC[C@](CC#N)(n2nc(Nc3ccc(S(C)(=O)=O)cc3)c3c(=O)[nH]ccc32)CO1. The first-order chi connectivity index (χ1) is 16.2. The van der Waals surface area contributed by atoms with Crippen molar-refractivity contribution in [2.75, 3.05) is 25.3 Å². The Bertz CT molecular complexity index is 1430. The lowest BCUT2D eigenvalue weighted by Crippen LogP contribution is -2.47. The first kappa shape index (κ1) is 23.5. The van der Waals surface area contributed by atoms with E-state index in [0.29, 0.717) is 24.0 Å². The number of esters is 1. The van der Waals surface area contributed by atoms with Crippen LogP contribution in [0.2, 0.25) is 0 Å². The van der Waals surface area contributed by atoms with Crippen molar-refractivity contribution in [3.8, 4) is 6.07 Å². The molecule has 34 heavy (non-hydrogen) atoms. The number of hydrogen-bond donors (Lipinski definition) is 2. The number of H-pyrrole nitrogens is 1. The van der Waals surface area contributed by atoms with Gasteiger partial charge < -0.3 is 19.8 Å². The summed E-state index contributed by atoms with van der Waals surface area (Å²) in [5.41, 5.74) is -0.252. The molecule has 11 nitrogen and oxygen atoms in total. The van der Waals surface area contributed by atoms with Crippen molar-refractivity contribution in [2.24, 2.45) is 0 Å². The fourth-order valence-corrected chi connectivity index (χ4v) is 4.74. The highest BCUT2D eigenvalue weighted by Crippen LogP contribution is 2.37. The molecule has 1 aliphatic rings. The Morgan fingerprint density at radius 2 is 2.12 bits per heavy atom. The number of carbonyl (C=O) groups excluding carboxylic acids is 1. The molecule has 1 fully saturated rings. The number of nitrogens with zero attached hydrogens (tertiary/aromatic N) is 3. The summed E-state index contributed by atoms with van der Waals surface area (Å²) >= 11 is 0. The van der Waals surface area contributed by atoms with Crippen LogP contribution in [0.3, 0.4) is 0 Å². The molecule has 0 aliphatic carbocycles. The Morgan fingerprint density at radius 1 is 1.38 bits per heavy atom. The van der Waals surface area contributed by atoms with Crippen molar-refractivity contribution < 1.29 is 22.7 Å². The van der Waals surface area contributed by atoms with Gasteiger partial charge in [-0.3, -0.25) is 9.48 Å². The molecule has 1 aliphatic heterocycles. The van der Waals surface area contributed by atoms with E-state index in [1.165, 1.54) is 25.4 Å². The number of sulfone groups is 1. The van der Waals surface area contributed by atoms with Crippen LogP contribution in [-0.4, -0.2) is 55.2 Å². The molecular weight excluding hydrogens is 462 g/mol. The maximum absolute atomic E-state index is 12.7. The lowest BCUT2D eigenvalue weighted by atomic mass is 9.87. The Morgan fingerprint density at radius 3 is 2.71 bits per heavy atom. The summed E-state index contributed by atoms with van der Waals surface area (Å²) in [4.78, 5) is 27.4. The van der Waals surface area contributed by atoms with Gasteiger partial charge in [0.25, 0.3) is 5.56 Å². The van der Waals surface area contributed by atoms with E-state index in [2.05, 4.69) is 21.5 Å². The monoisotopic (exact) mass is 485 g/mol. The van der Waals surface area contributed by atoms with Gasteiger partial charge in [-0.1, -0.05) is 0 Å². The van der Waals surface area contributed by atoms with Crippen molar-refractivity contribution >= 4 is 38.2 Å². The minimum atomic E-state index is -3.35. The molecule has 0 unspecified atom stereocenters. The lowest BCUT2D eigenvalue weighted by Gasteiger charge is -2.38. The summed E-state index contributed by atoms with van der Waals surface area (Å²) in [6.45, 7) is 0.0341. The molecule has 0 saturated carbocycles. The van der Waals surface area contributed by atoms with E-state index in [-0.39, 0.29) is 34.7 Å². The van der Waals surface area contributed by atoms with Crippen LogP contribution in [-0.2, 0) is 29.6 Å². The molecule has 0 amide bonds. The fourth-order valence-electron chi connectivity index (χ4n) is 4.11. The van der Waals surface area contributed by atoms with E-state index in [1.54, 1.807) is 22.9 Å². The number of aromatic amines is 1. The molecule has 1 aromatic carbocycles. The Labute approximate surface area is 195 Å². The standard InChI is InChI=1S/C22H23N5O6S/c1-32-21(29)17-7-9-22(10-11-23,13-33-17)27-16-8-12-24-20(28)18(16)19(26-27)25-14-3-5-15(6-4-14)34(2,30)31/h3-6,8,12,17H,7,9-10,13H2,1-2H3,(H,24,28)(H,25,26)/t17-,22-/m1/s1. The number of fused-ring (bicyclic) bond motifs is 1. The number of rotatable bonds is 6. The van der Waals surface area contributed by atoms with Crippen molar-refractivity contribution in [1.82, 2.24) is 14.8 Å². The first-order valence-electron chi connectivity index (χ1n) is 10.4. The smallest absolute Gasteiger partial charge is 0.334 e. The molecule has 2 aromatic heterocycles. The molecule has 12 heteroatoms. The van der Waals surface area contributed by atoms with Gasteiger partial charge in [-0.15, -0.1) is 0 Å². The lowest BCUT2D eigenvalue weighted by molar-refractivity contribution is -0.162. The zero-order valence-corrected chi connectivity index (χ0v) is 19.4. The van der Waals surface area contributed by atoms with Crippen molar-refractivity contribution in [3.05, 3.63) is 46.9 Å². The number of benzene rings is 1. The van der Waals surface area contributed by atoms with Crippen LogP contribution in [0.15, 0.2) is 46.2 Å². The summed E-state index contributed by atoms with van der Waals surface area (Å²) in [6, 6.07) is 9.93. The molecule has 178 valence electrons. The zero-order chi connectivity index (χ0) is 24.5. The van der Waals surface area contributed by atoms with Gasteiger partial charge in [-0.2, -0.15) is 10.4 Å². The predicted molar refractivity (Wildman–Crippen MR) is 122 cm³/mol. The van der Waals surface area contributed by atoms with Gasteiger partial charge in [0.05, 0.1) is 42.2 Å². The Balaban J connectivity index is 1.76. The zero-order valence-electron chi connectivity index (χ0n) is 18.6. The second-order valence-corrected chi connectivity index (χ2v) is 10.2. The van der Waals surface area contributed by atoms with E-state index < -0.39 is 27.4 Å². The van der Waals surface area contributed by atoms with Gasteiger partial charge in [-0.05, 0) is 43.2 Å². The molecule has 3 heterocycles. The van der Waals surface area contributed by atoms with Gasteiger partial charge in [0, 0.05) is 18.1 Å². The number of nitriles is 1. The van der Waals surface area contributed by atoms with Crippen molar-refractivity contribution in [2.45, 2.75) is 35.8 Å². The van der Waals surface area contributed by atoms with Gasteiger partial charge in [0.1, 0.15) is 5.39 Å². The molecule has 4 rings (SSSR count). The van der Waals surface area contributed by atoms with Gasteiger partial charge in [0.15, 0.2) is 21.8 Å².